The minimum Gasteiger partial charge on any atom is -0.499 e. The largest absolute Gasteiger partial charge is 0.499 e. The lowest BCUT2D eigenvalue weighted by Gasteiger charge is -2.01. The van der Waals surface area contributed by atoms with Crippen LogP contribution in [0.5, 0.6) is 0 Å². The third-order valence-corrected chi connectivity index (χ3v) is 3.91. The Balaban J connectivity index is 1.72. The average Bonchev–Trinajstić information content (AvgIpc) is 3.17. The summed E-state index contributed by atoms with van der Waals surface area (Å²) < 4.78 is 10.7. The van der Waals surface area contributed by atoms with Crippen LogP contribution in [-0.4, -0.2) is 18.8 Å². The molecule has 0 aliphatic carbocycles. The smallest absolute Gasteiger partial charge is 0.118 e. The molecule has 2 atom stereocenters. The van der Waals surface area contributed by atoms with Crippen LogP contribution < -0.4 is 0 Å². The molecule has 1 aliphatic rings. The predicted octanol–water partition coefficient (Wildman–Crippen LogP) is 5.22. The summed E-state index contributed by atoms with van der Waals surface area (Å²) in [5.41, 5.74) is 0. The second-order valence-electron chi connectivity index (χ2n) is 5.68. The van der Waals surface area contributed by atoms with E-state index in [0.29, 0.717) is 18.8 Å². The highest BCUT2D eigenvalue weighted by Crippen LogP contribution is 2.27. The maximum Gasteiger partial charge on any atom is 0.118 e. The number of epoxide rings is 1. The Morgan fingerprint density at radius 1 is 0.895 bits per heavy atom. The van der Waals surface area contributed by atoms with E-state index in [4.69, 9.17) is 9.47 Å². The SMILES string of the molecule is C=COC[C@@H]1O[C@H]1CCCCCCCCCCCC. The highest BCUT2D eigenvalue weighted by atomic mass is 16.6. The van der Waals surface area contributed by atoms with Crippen LogP contribution in [0.1, 0.15) is 77.6 Å². The van der Waals surface area contributed by atoms with Crippen molar-refractivity contribution >= 4 is 0 Å². The molecule has 1 fully saturated rings. The zero-order chi connectivity index (χ0) is 13.8. The molecule has 0 aromatic heterocycles. The Kier molecular flexibility index (Phi) is 9.88. The van der Waals surface area contributed by atoms with E-state index in [9.17, 15) is 0 Å². The van der Waals surface area contributed by atoms with Crippen LogP contribution in [0.4, 0.5) is 0 Å². The molecule has 0 unspecified atom stereocenters. The molecule has 0 aromatic carbocycles. The first-order valence-electron chi connectivity index (χ1n) is 8.26. The molecule has 1 saturated heterocycles. The molecule has 1 heterocycles. The quantitative estimate of drug-likeness (QED) is 0.244. The number of hydrogen-bond acceptors (Lipinski definition) is 2. The fourth-order valence-corrected chi connectivity index (χ4v) is 2.58. The molecule has 2 nitrogen and oxygen atoms in total. The van der Waals surface area contributed by atoms with Crippen LogP contribution in [0.3, 0.4) is 0 Å². The minimum atomic E-state index is 0.344. The van der Waals surface area contributed by atoms with Gasteiger partial charge in [-0.05, 0) is 6.42 Å². The maximum absolute atomic E-state index is 5.53. The van der Waals surface area contributed by atoms with Crippen molar-refractivity contribution in [1.29, 1.82) is 0 Å². The molecule has 0 N–H and O–H groups in total. The molecule has 0 bridgehead atoms. The van der Waals surface area contributed by atoms with Gasteiger partial charge in [-0.1, -0.05) is 77.7 Å². The van der Waals surface area contributed by atoms with E-state index < -0.39 is 0 Å². The minimum absolute atomic E-state index is 0.344. The molecule has 112 valence electrons. The van der Waals surface area contributed by atoms with Gasteiger partial charge in [-0.25, -0.2) is 0 Å². The Labute approximate surface area is 119 Å². The van der Waals surface area contributed by atoms with Crippen molar-refractivity contribution in [2.75, 3.05) is 6.61 Å². The van der Waals surface area contributed by atoms with E-state index in [1.165, 1.54) is 76.9 Å². The standard InChI is InChI=1S/C17H32O2/c1-3-5-6-7-8-9-10-11-12-13-14-16-17(19-16)15-18-4-2/h4,16-17H,2-3,5-15H2,1H3/t16-,17-/m0/s1. The number of unbranched alkanes of at least 4 members (excludes halogenated alkanes) is 9. The summed E-state index contributed by atoms with van der Waals surface area (Å²) in [5.74, 6) is 0. The van der Waals surface area contributed by atoms with Crippen LogP contribution in [0.25, 0.3) is 0 Å². The van der Waals surface area contributed by atoms with Gasteiger partial charge in [-0.2, -0.15) is 0 Å². The zero-order valence-corrected chi connectivity index (χ0v) is 12.7. The summed E-state index contributed by atoms with van der Waals surface area (Å²) in [5, 5.41) is 0. The lowest BCUT2D eigenvalue weighted by atomic mass is 10.0. The summed E-state index contributed by atoms with van der Waals surface area (Å²) in [4.78, 5) is 0. The second kappa shape index (κ2) is 11.3. The van der Waals surface area contributed by atoms with Crippen LogP contribution >= 0.6 is 0 Å². The van der Waals surface area contributed by atoms with Gasteiger partial charge in [0.25, 0.3) is 0 Å². The third-order valence-electron chi connectivity index (χ3n) is 3.91. The van der Waals surface area contributed by atoms with Gasteiger partial charge in [0.2, 0.25) is 0 Å². The summed E-state index contributed by atoms with van der Waals surface area (Å²) in [7, 11) is 0. The summed E-state index contributed by atoms with van der Waals surface area (Å²) in [6.45, 7) is 6.50. The lowest BCUT2D eigenvalue weighted by Crippen LogP contribution is -2.01. The molecule has 0 radical (unpaired) electrons. The molecule has 2 heteroatoms. The third kappa shape index (κ3) is 9.10. The van der Waals surface area contributed by atoms with Gasteiger partial charge < -0.3 is 9.47 Å². The molecule has 0 amide bonds. The fraction of sp³-hybridized carbons (Fsp3) is 0.882. The van der Waals surface area contributed by atoms with Gasteiger partial charge in [0.15, 0.2) is 0 Å². The number of hydrogen-bond donors (Lipinski definition) is 0. The second-order valence-corrected chi connectivity index (χ2v) is 5.68. The van der Waals surface area contributed by atoms with Crippen molar-refractivity contribution in [1.82, 2.24) is 0 Å². The highest BCUT2D eigenvalue weighted by molar-refractivity contribution is 4.84. The molecule has 0 saturated carbocycles. The molecular formula is C17H32O2. The van der Waals surface area contributed by atoms with E-state index in [1.807, 2.05) is 0 Å². The first kappa shape index (κ1) is 16.6. The van der Waals surface area contributed by atoms with Crippen molar-refractivity contribution in [2.24, 2.45) is 0 Å². The van der Waals surface area contributed by atoms with Crippen molar-refractivity contribution in [3.05, 3.63) is 12.8 Å². The molecule has 19 heavy (non-hydrogen) atoms. The van der Waals surface area contributed by atoms with E-state index in [2.05, 4.69) is 13.5 Å². The molecule has 1 aliphatic heterocycles. The average molecular weight is 268 g/mol. The Bertz CT molecular complexity index is 215. The van der Waals surface area contributed by atoms with E-state index in [0.717, 1.165) is 0 Å². The first-order valence-corrected chi connectivity index (χ1v) is 8.26. The van der Waals surface area contributed by atoms with E-state index in [-0.39, 0.29) is 0 Å². The maximum atomic E-state index is 5.53. The normalized spacial score (nSPS) is 21.3. The van der Waals surface area contributed by atoms with Crippen molar-refractivity contribution in [3.8, 4) is 0 Å². The van der Waals surface area contributed by atoms with Crippen molar-refractivity contribution < 1.29 is 9.47 Å². The Morgan fingerprint density at radius 2 is 1.47 bits per heavy atom. The van der Waals surface area contributed by atoms with Gasteiger partial charge in [-0.15, -0.1) is 0 Å². The predicted molar refractivity (Wildman–Crippen MR) is 81.3 cm³/mol. The lowest BCUT2D eigenvalue weighted by molar-refractivity contribution is 0.212. The Hall–Kier alpha value is -0.500. The van der Waals surface area contributed by atoms with Gasteiger partial charge in [0, 0.05) is 0 Å². The molecule has 1 rings (SSSR count). The van der Waals surface area contributed by atoms with Gasteiger partial charge >= 0.3 is 0 Å². The van der Waals surface area contributed by atoms with Gasteiger partial charge in [0.1, 0.15) is 12.7 Å². The van der Waals surface area contributed by atoms with Crippen molar-refractivity contribution in [2.45, 2.75) is 89.8 Å². The summed E-state index contributed by atoms with van der Waals surface area (Å²) >= 11 is 0. The van der Waals surface area contributed by atoms with Gasteiger partial charge in [-0.3, -0.25) is 0 Å². The Morgan fingerprint density at radius 3 is 2.05 bits per heavy atom. The zero-order valence-electron chi connectivity index (χ0n) is 12.7. The summed E-state index contributed by atoms with van der Waals surface area (Å²) in [6.07, 6.45) is 17.5. The topological polar surface area (TPSA) is 21.8 Å². The van der Waals surface area contributed by atoms with Crippen molar-refractivity contribution in [3.63, 3.8) is 0 Å². The fourth-order valence-electron chi connectivity index (χ4n) is 2.58. The van der Waals surface area contributed by atoms with E-state index >= 15 is 0 Å². The molecule has 0 aromatic rings. The van der Waals surface area contributed by atoms with Crippen LogP contribution in [-0.2, 0) is 9.47 Å². The number of ether oxygens (including phenoxy) is 2. The first-order chi connectivity index (χ1) is 9.38. The molecule has 0 spiro atoms. The molecular weight excluding hydrogens is 236 g/mol. The van der Waals surface area contributed by atoms with Crippen LogP contribution in [0.2, 0.25) is 0 Å². The van der Waals surface area contributed by atoms with Crippen LogP contribution in [0, 0.1) is 0 Å². The summed E-state index contributed by atoms with van der Waals surface area (Å²) in [6, 6.07) is 0. The highest BCUT2D eigenvalue weighted by Gasteiger charge is 2.38. The van der Waals surface area contributed by atoms with E-state index in [1.54, 1.807) is 0 Å². The monoisotopic (exact) mass is 268 g/mol. The van der Waals surface area contributed by atoms with Gasteiger partial charge in [0.05, 0.1) is 12.4 Å². The number of rotatable bonds is 14. The van der Waals surface area contributed by atoms with Crippen LogP contribution in [0.15, 0.2) is 12.8 Å².